The highest BCUT2D eigenvalue weighted by atomic mass is 79.9. The molecule has 3 rings (SSSR count). The van der Waals surface area contributed by atoms with Gasteiger partial charge in [-0.2, -0.15) is 0 Å². The molecule has 1 fully saturated rings. The van der Waals surface area contributed by atoms with Crippen LogP contribution in [0, 0.1) is 0 Å². The molecule has 0 radical (unpaired) electrons. The Morgan fingerprint density at radius 2 is 2.12 bits per heavy atom. The monoisotopic (exact) mass is 293 g/mol. The van der Waals surface area contributed by atoms with E-state index in [1.165, 1.54) is 31.6 Å². The molecule has 3 nitrogen and oxygen atoms in total. The van der Waals surface area contributed by atoms with E-state index in [0.29, 0.717) is 0 Å². The van der Waals surface area contributed by atoms with Crippen molar-refractivity contribution in [2.24, 2.45) is 0 Å². The summed E-state index contributed by atoms with van der Waals surface area (Å²) in [5.41, 5.74) is 2.21. The van der Waals surface area contributed by atoms with Crippen molar-refractivity contribution in [2.75, 3.05) is 19.6 Å². The van der Waals surface area contributed by atoms with Crippen LogP contribution in [0.3, 0.4) is 0 Å². The maximum absolute atomic E-state index is 4.64. The molecule has 2 aromatic heterocycles. The van der Waals surface area contributed by atoms with Crippen LogP contribution in [0.15, 0.2) is 29.0 Å². The number of fused-ring (bicyclic) bond motifs is 1. The lowest BCUT2D eigenvalue weighted by Crippen LogP contribution is -2.21. The van der Waals surface area contributed by atoms with Crippen molar-refractivity contribution in [3.05, 3.63) is 34.7 Å². The molecule has 0 amide bonds. The molecule has 0 N–H and O–H groups in total. The van der Waals surface area contributed by atoms with Crippen LogP contribution in [0.25, 0.3) is 5.65 Å². The predicted molar refractivity (Wildman–Crippen MR) is 72.3 cm³/mol. The van der Waals surface area contributed by atoms with Gasteiger partial charge in [0.1, 0.15) is 5.65 Å². The number of imidazole rings is 1. The second kappa shape index (κ2) is 4.78. The maximum Gasteiger partial charge on any atom is 0.138 e. The Morgan fingerprint density at radius 1 is 1.29 bits per heavy atom. The molecule has 0 aromatic carbocycles. The lowest BCUT2D eigenvalue weighted by Gasteiger charge is -2.12. The molecule has 0 unspecified atom stereocenters. The van der Waals surface area contributed by atoms with Crippen LogP contribution in [0.5, 0.6) is 0 Å². The van der Waals surface area contributed by atoms with Gasteiger partial charge in [-0.25, -0.2) is 4.98 Å². The van der Waals surface area contributed by atoms with Crippen molar-refractivity contribution in [3.8, 4) is 0 Å². The molecule has 17 heavy (non-hydrogen) atoms. The van der Waals surface area contributed by atoms with Gasteiger partial charge in [-0.3, -0.25) is 0 Å². The van der Waals surface area contributed by atoms with Crippen LogP contribution in [0.1, 0.15) is 18.5 Å². The minimum absolute atomic E-state index is 1.02. The van der Waals surface area contributed by atoms with Gasteiger partial charge in [0.25, 0.3) is 0 Å². The second-order valence-electron chi connectivity index (χ2n) is 4.64. The highest BCUT2D eigenvalue weighted by Gasteiger charge is 2.11. The van der Waals surface area contributed by atoms with E-state index in [0.717, 1.165) is 23.1 Å². The summed E-state index contributed by atoms with van der Waals surface area (Å²) in [5, 5.41) is 0. The number of hydrogen-bond acceptors (Lipinski definition) is 2. The number of nitrogens with zero attached hydrogens (tertiary/aromatic N) is 3. The Bertz CT molecular complexity index is 514. The topological polar surface area (TPSA) is 20.5 Å². The molecule has 0 bridgehead atoms. The molecule has 3 heterocycles. The van der Waals surface area contributed by atoms with E-state index in [1.54, 1.807) is 0 Å². The van der Waals surface area contributed by atoms with Gasteiger partial charge in [0, 0.05) is 29.8 Å². The lowest BCUT2D eigenvalue weighted by atomic mass is 10.3. The Hall–Kier alpha value is -0.870. The van der Waals surface area contributed by atoms with Crippen LogP contribution in [-0.2, 0) is 6.42 Å². The van der Waals surface area contributed by atoms with E-state index in [1.807, 2.05) is 12.3 Å². The molecule has 0 spiro atoms. The number of aromatic nitrogens is 2. The van der Waals surface area contributed by atoms with Crippen LogP contribution >= 0.6 is 15.9 Å². The Morgan fingerprint density at radius 3 is 2.94 bits per heavy atom. The molecule has 4 heteroatoms. The first-order chi connectivity index (χ1) is 8.31. The molecule has 2 aromatic rings. The number of rotatable bonds is 3. The normalized spacial score (nSPS) is 17.0. The fourth-order valence-electron chi connectivity index (χ4n) is 2.41. The zero-order chi connectivity index (χ0) is 11.7. The van der Waals surface area contributed by atoms with Crippen molar-refractivity contribution in [2.45, 2.75) is 19.3 Å². The summed E-state index contributed by atoms with van der Waals surface area (Å²) in [6, 6.07) is 4.10. The van der Waals surface area contributed by atoms with Crippen molar-refractivity contribution in [1.29, 1.82) is 0 Å². The summed E-state index contributed by atoms with van der Waals surface area (Å²) in [5.74, 6) is 0. The molecule has 1 aliphatic heterocycles. The number of pyridine rings is 1. The van der Waals surface area contributed by atoms with Gasteiger partial charge in [-0.1, -0.05) is 15.9 Å². The fourth-order valence-corrected chi connectivity index (χ4v) is 2.73. The largest absolute Gasteiger partial charge is 0.307 e. The third kappa shape index (κ3) is 2.53. The van der Waals surface area contributed by atoms with E-state index in [4.69, 9.17) is 0 Å². The predicted octanol–water partition coefficient (Wildman–Crippen LogP) is 2.74. The van der Waals surface area contributed by atoms with Gasteiger partial charge < -0.3 is 9.30 Å². The molecule has 90 valence electrons. The second-order valence-corrected chi connectivity index (χ2v) is 5.56. The quantitative estimate of drug-likeness (QED) is 0.867. The van der Waals surface area contributed by atoms with Gasteiger partial charge >= 0.3 is 0 Å². The lowest BCUT2D eigenvalue weighted by molar-refractivity contribution is 0.342. The SMILES string of the molecule is Brc1ccn2cc(CCN3CCCC3)nc2c1. The molecule has 0 aliphatic carbocycles. The van der Waals surface area contributed by atoms with Crippen molar-refractivity contribution >= 4 is 21.6 Å². The van der Waals surface area contributed by atoms with E-state index in [9.17, 15) is 0 Å². The molecule has 1 aliphatic rings. The van der Waals surface area contributed by atoms with Crippen LogP contribution in [0.2, 0.25) is 0 Å². The fraction of sp³-hybridized carbons (Fsp3) is 0.462. The van der Waals surface area contributed by atoms with Crippen LogP contribution < -0.4 is 0 Å². The summed E-state index contributed by atoms with van der Waals surface area (Å²) in [6.07, 6.45) is 7.96. The average molecular weight is 294 g/mol. The summed E-state index contributed by atoms with van der Waals surface area (Å²) in [6.45, 7) is 3.67. The van der Waals surface area contributed by atoms with E-state index < -0.39 is 0 Å². The molecule has 0 saturated carbocycles. The van der Waals surface area contributed by atoms with E-state index in [-0.39, 0.29) is 0 Å². The Labute approximate surface area is 110 Å². The Kier molecular flexibility index (Phi) is 3.16. The summed E-state index contributed by atoms with van der Waals surface area (Å²) in [7, 11) is 0. The van der Waals surface area contributed by atoms with Gasteiger partial charge in [0.15, 0.2) is 0 Å². The average Bonchev–Trinajstić information content (AvgIpc) is 2.94. The van der Waals surface area contributed by atoms with Crippen LogP contribution in [-0.4, -0.2) is 33.9 Å². The smallest absolute Gasteiger partial charge is 0.138 e. The van der Waals surface area contributed by atoms with Crippen molar-refractivity contribution in [3.63, 3.8) is 0 Å². The number of hydrogen-bond donors (Lipinski definition) is 0. The van der Waals surface area contributed by atoms with Gasteiger partial charge in [-0.15, -0.1) is 0 Å². The third-order valence-corrected chi connectivity index (χ3v) is 3.85. The number of halogens is 1. The highest BCUT2D eigenvalue weighted by Crippen LogP contribution is 2.14. The summed E-state index contributed by atoms with van der Waals surface area (Å²) < 4.78 is 3.17. The maximum atomic E-state index is 4.64. The first kappa shape index (κ1) is 11.2. The van der Waals surface area contributed by atoms with Crippen LogP contribution in [0.4, 0.5) is 0 Å². The van der Waals surface area contributed by atoms with E-state index in [2.05, 4.69) is 42.5 Å². The zero-order valence-electron chi connectivity index (χ0n) is 9.77. The minimum Gasteiger partial charge on any atom is -0.307 e. The molecular weight excluding hydrogens is 278 g/mol. The van der Waals surface area contributed by atoms with Crippen molar-refractivity contribution < 1.29 is 0 Å². The Balaban J connectivity index is 1.72. The summed E-state index contributed by atoms with van der Waals surface area (Å²) in [4.78, 5) is 7.17. The summed E-state index contributed by atoms with van der Waals surface area (Å²) >= 11 is 3.47. The van der Waals surface area contributed by atoms with Gasteiger partial charge in [-0.05, 0) is 38.1 Å². The third-order valence-electron chi connectivity index (χ3n) is 3.36. The molecular formula is C13H16BrN3. The number of likely N-dealkylation sites (tertiary alicyclic amines) is 1. The van der Waals surface area contributed by atoms with Crippen molar-refractivity contribution in [1.82, 2.24) is 14.3 Å². The first-order valence-electron chi connectivity index (χ1n) is 6.17. The zero-order valence-corrected chi connectivity index (χ0v) is 11.4. The standard InChI is InChI=1S/C13H16BrN3/c14-11-3-8-17-10-12(15-13(17)9-11)4-7-16-5-1-2-6-16/h3,8-10H,1-2,4-7H2. The van der Waals surface area contributed by atoms with E-state index >= 15 is 0 Å². The highest BCUT2D eigenvalue weighted by molar-refractivity contribution is 9.10. The first-order valence-corrected chi connectivity index (χ1v) is 6.96. The minimum atomic E-state index is 1.02. The molecule has 0 atom stereocenters. The molecule has 1 saturated heterocycles. The van der Waals surface area contributed by atoms with Gasteiger partial charge in [0.2, 0.25) is 0 Å². The van der Waals surface area contributed by atoms with Gasteiger partial charge in [0.05, 0.1) is 5.69 Å².